The molecule has 1 amide bonds. The Morgan fingerprint density at radius 1 is 1.27 bits per heavy atom. The van der Waals surface area contributed by atoms with Crippen molar-refractivity contribution >= 4 is 34.7 Å². The minimum absolute atomic E-state index is 0.238. The van der Waals surface area contributed by atoms with E-state index in [0.29, 0.717) is 23.0 Å². The van der Waals surface area contributed by atoms with Crippen molar-refractivity contribution in [2.75, 3.05) is 17.2 Å². The molecular formula is C20H25ClN4O. The summed E-state index contributed by atoms with van der Waals surface area (Å²) < 4.78 is 0. The first-order valence-electron chi connectivity index (χ1n) is 8.74. The van der Waals surface area contributed by atoms with Crippen molar-refractivity contribution in [2.45, 2.75) is 40.0 Å². The highest BCUT2D eigenvalue weighted by molar-refractivity contribution is 6.38. The molecule has 6 heteroatoms. The summed E-state index contributed by atoms with van der Waals surface area (Å²) >= 11 is 6.43. The van der Waals surface area contributed by atoms with Crippen LogP contribution in [0.25, 0.3) is 0 Å². The van der Waals surface area contributed by atoms with Crippen LogP contribution in [0, 0.1) is 5.41 Å². The molecule has 0 aliphatic heterocycles. The predicted octanol–water partition coefficient (Wildman–Crippen LogP) is 5.32. The summed E-state index contributed by atoms with van der Waals surface area (Å²) in [5.74, 6) is 0.617. The maximum absolute atomic E-state index is 12.6. The normalized spacial score (nSPS) is 10.7. The SMILES string of the molecule is CCCNc1ncc(C(=O)Nc2ccc(C(C)C)cc2)c(Cl)c1C(C)=N. The maximum atomic E-state index is 12.6. The number of amides is 1. The third kappa shape index (κ3) is 4.61. The van der Waals surface area contributed by atoms with Crippen LogP contribution in [-0.4, -0.2) is 23.1 Å². The quantitative estimate of drug-likeness (QED) is 0.575. The van der Waals surface area contributed by atoms with Crippen LogP contribution in [0.4, 0.5) is 11.5 Å². The lowest BCUT2D eigenvalue weighted by atomic mass is 10.0. The fourth-order valence-electron chi connectivity index (χ4n) is 2.52. The van der Waals surface area contributed by atoms with Crippen molar-refractivity contribution in [2.24, 2.45) is 0 Å². The van der Waals surface area contributed by atoms with Crippen LogP contribution in [0.3, 0.4) is 0 Å². The molecule has 3 N–H and O–H groups in total. The van der Waals surface area contributed by atoms with Gasteiger partial charge in [-0.2, -0.15) is 0 Å². The van der Waals surface area contributed by atoms with Gasteiger partial charge >= 0.3 is 0 Å². The first-order valence-corrected chi connectivity index (χ1v) is 9.12. The Morgan fingerprint density at radius 2 is 1.92 bits per heavy atom. The second-order valence-electron chi connectivity index (χ2n) is 6.49. The molecule has 0 saturated carbocycles. The number of hydrogen-bond donors (Lipinski definition) is 3. The highest BCUT2D eigenvalue weighted by Gasteiger charge is 2.19. The lowest BCUT2D eigenvalue weighted by molar-refractivity contribution is 0.102. The highest BCUT2D eigenvalue weighted by atomic mass is 35.5. The lowest BCUT2D eigenvalue weighted by Gasteiger charge is -2.14. The van der Waals surface area contributed by atoms with Crippen LogP contribution in [-0.2, 0) is 0 Å². The van der Waals surface area contributed by atoms with Crippen molar-refractivity contribution in [1.82, 2.24) is 4.98 Å². The largest absolute Gasteiger partial charge is 0.369 e. The summed E-state index contributed by atoms with van der Waals surface area (Å²) in [6.45, 7) is 8.63. The second kappa shape index (κ2) is 8.81. The molecule has 5 nitrogen and oxygen atoms in total. The smallest absolute Gasteiger partial charge is 0.258 e. The third-order valence-electron chi connectivity index (χ3n) is 4.01. The molecule has 2 aromatic rings. The van der Waals surface area contributed by atoms with Gasteiger partial charge in [0.2, 0.25) is 0 Å². The number of aromatic nitrogens is 1. The maximum Gasteiger partial charge on any atom is 0.258 e. The first kappa shape index (κ1) is 19.9. The van der Waals surface area contributed by atoms with Gasteiger partial charge in [-0.15, -0.1) is 0 Å². The van der Waals surface area contributed by atoms with Gasteiger partial charge < -0.3 is 16.0 Å². The summed E-state index contributed by atoms with van der Waals surface area (Å²) in [6.07, 6.45) is 2.37. The number of carbonyl (C=O) groups is 1. The lowest BCUT2D eigenvalue weighted by Crippen LogP contribution is -2.16. The number of nitrogens with zero attached hydrogens (tertiary/aromatic N) is 1. The Balaban J connectivity index is 2.28. The van der Waals surface area contributed by atoms with Gasteiger partial charge in [-0.25, -0.2) is 4.98 Å². The summed E-state index contributed by atoms with van der Waals surface area (Å²) in [7, 11) is 0. The van der Waals surface area contributed by atoms with Gasteiger partial charge in [0.05, 0.1) is 16.1 Å². The molecule has 138 valence electrons. The monoisotopic (exact) mass is 372 g/mol. The number of benzene rings is 1. The van der Waals surface area contributed by atoms with Gasteiger partial charge in [-0.1, -0.05) is 44.5 Å². The van der Waals surface area contributed by atoms with Gasteiger partial charge in [0.25, 0.3) is 5.91 Å². The molecule has 0 saturated heterocycles. The number of nitrogens with one attached hydrogen (secondary N) is 3. The molecule has 0 aliphatic carbocycles. The van der Waals surface area contributed by atoms with E-state index in [1.807, 2.05) is 31.2 Å². The van der Waals surface area contributed by atoms with E-state index in [-0.39, 0.29) is 22.2 Å². The fraction of sp³-hybridized carbons (Fsp3) is 0.350. The van der Waals surface area contributed by atoms with Gasteiger partial charge in [-0.3, -0.25) is 4.79 Å². The predicted molar refractivity (Wildman–Crippen MR) is 109 cm³/mol. The summed E-state index contributed by atoms with van der Waals surface area (Å²) in [5.41, 5.74) is 2.87. The van der Waals surface area contributed by atoms with Crippen LogP contribution < -0.4 is 10.6 Å². The van der Waals surface area contributed by atoms with Crippen LogP contribution in [0.2, 0.25) is 5.02 Å². The summed E-state index contributed by atoms with van der Waals surface area (Å²) in [5, 5.41) is 14.2. The van der Waals surface area contributed by atoms with Crippen molar-refractivity contribution < 1.29 is 4.79 Å². The minimum atomic E-state index is -0.343. The average molecular weight is 373 g/mol. The molecule has 2 rings (SSSR count). The van der Waals surface area contributed by atoms with Gasteiger partial charge in [0.15, 0.2) is 0 Å². The van der Waals surface area contributed by atoms with Gasteiger partial charge in [0.1, 0.15) is 5.82 Å². The molecular weight excluding hydrogens is 348 g/mol. The Labute approximate surface area is 159 Å². The zero-order valence-electron chi connectivity index (χ0n) is 15.6. The minimum Gasteiger partial charge on any atom is -0.369 e. The number of carbonyl (C=O) groups excluding carboxylic acids is 1. The number of rotatable bonds is 7. The standard InChI is InChI=1S/C20H25ClN4O/c1-5-10-23-19-17(13(4)22)18(21)16(11-24-19)20(26)25-15-8-6-14(7-9-15)12(2)3/h6-9,11-12,22H,5,10H2,1-4H3,(H,23,24)(H,25,26). The second-order valence-corrected chi connectivity index (χ2v) is 6.87. The average Bonchev–Trinajstić information content (AvgIpc) is 2.59. The Kier molecular flexibility index (Phi) is 6.75. The molecule has 0 bridgehead atoms. The van der Waals surface area contributed by atoms with E-state index in [1.165, 1.54) is 11.8 Å². The zero-order chi connectivity index (χ0) is 19.3. The number of hydrogen-bond acceptors (Lipinski definition) is 4. The molecule has 0 unspecified atom stereocenters. The van der Waals surface area contributed by atoms with E-state index in [4.69, 9.17) is 17.0 Å². The van der Waals surface area contributed by atoms with Crippen molar-refractivity contribution in [1.29, 1.82) is 5.41 Å². The molecule has 0 fully saturated rings. The first-order chi connectivity index (χ1) is 12.3. The number of anilines is 2. The Hall–Kier alpha value is -2.40. The molecule has 1 aromatic heterocycles. The molecule has 1 heterocycles. The molecule has 0 radical (unpaired) electrons. The van der Waals surface area contributed by atoms with E-state index in [9.17, 15) is 4.79 Å². The van der Waals surface area contributed by atoms with E-state index in [0.717, 1.165) is 13.0 Å². The van der Waals surface area contributed by atoms with Crippen LogP contribution in [0.15, 0.2) is 30.5 Å². The number of pyridine rings is 1. The van der Waals surface area contributed by atoms with Crippen LogP contribution in [0.1, 0.15) is 61.5 Å². The highest BCUT2D eigenvalue weighted by Crippen LogP contribution is 2.28. The Bertz CT molecular complexity index is 800. The third-order valence-corrected chi connectivity index (χ3v) is 4.41. The van der Waals surface area contributed by atoms with Gasteiger partial charge in [-0.05, 0) is 37.0 Å². The van der Waals surface area contributed by atoms with Crippen LogP contribution >= 0.6 is 11.6 Å². The van der Waals surface area contributed by atoms with E-state index >= 15 is 0 Å². The van der Waals surface area contributed by atoms with Crippen molar-refractivity contribution in [3.63, 3.8) is 0 Å². The van der Waals surface area contributed by atoms with Crippen molar-refractivity contribution in [3.05, 3.63) is 52.2 Å². The molecule has 0 aliphatic rings. The van der Waals surface area contributed by atoms with Crippen LogP contribution in [0.5, 0.6) is 0 Å². The van der Waals surface area contributed by atoms with Gasteiger partial charge in [0, 0.05) is 24.1 Å². The van der Waals surface area contributed by atoms with E-state index in [1.54, 1.807) is 6.92 Å². The molecule has 26 heavy (non-hydrogen) atoms. The van der Waals surface area contributed by atoms with Crippen molar-refractivity contribution in [3.8, 4) is 0 Å². The fourth-order valence-corrected chi connectivity index (χ4v) is 2.88. The topological polar surface area (TPSA) is 77.9 Å². The molecule has 0 spiro atoms. The number of halogens is 1. The zero-order valence-corrected chi connectivity index (χ0v) is 16.4. The molecule has 1 aromatic carbocycles. The Morgan fingerprint density at radius 3 is 2.46 bits per heavy atom. The summed E-state index contributed by atoms with van der Waals surface area (Å²) in [4.78, 5) is 16.9. The van der Waals surface area contributed by atoms with E-state index in [2.05, 4.69) is 29.5 Å². The molecule has 0 atom stereocenters. The summed E-state index contributed by atoms with van der Waals surface area (Å²) in [6, 6.07) is 7.72. The van der Waals surface area contributed by atoms with E-state index < -0.39 is 0 Å².